The lowest BCUT2D eigenvalue weighted by Crippen LogP contribution is -2.01. The fourth-order valence-corrected chi connectivity index (χ4v) is 2.15. The minimum absolute atomic E-state index is 0.421. The molecular weight excluding hydrogens is 258 g/mol. The molecular formula is C11H12ClN3OS. The standard InChI is InChI=1S/C11H12ClN3OS/c12-8-1-3-9(4-2-8)16-7-11-15-14-10(17-11)5-6-13/h1-4H,5-7,13H2. The Hall–Kier alpha value is -1.17. The Labute approximate surface area is 108 Å². The van der Waals surface area contributed by atoms with E-state index >= 15 is 0 Å². The average molecular weight is 270 g/mol. The Morgan fingerprint density at radius 1 is 1.18 bits per heavy atom. The highest BCUT2D eigenvalue weighted by Gasteiger charge is 2.04. The van der Waals surface area contributed by atoms with Gasteiger partial charge in [0.1, 0.15) is 17.4 Å². The zero-order valence-electron chi connectivity index (χ0n) is 9.10. The Bertz CT molecular complexity index is 472. The smallest absolute Gasteiger partial charge is 0.155 e. The third kappa shape index (κ3) is 3.66. The first-order valence-corrected chi connectivity index (χ1v) is 6.37. The van der Waals surface area contributed by atoms with Gasteiger partial charge in [-0.1, -0.05) is 22.9 Å². The molecule has 2 aromatic rings. The molecule has 0 saturated carbocycles. The van der Waals surface area contributed by atoms with E-state index in [0.29, 0.717) is 18.2 Å². The number of rotatable bonds is 5. The van der Waals surface area contributed by atoms with Gasteiger partial charge in [0.25, 0.3) is 0 Å². The third-order valence-corrected chi connectivity index (χ3v) is 3.25. The highest BCUT2D eigenvalue weighted by atomic mass is 35.5. The van der Waals surface area contributed by atoms with Crippen LogP contribution in [0.2, 0.25) is 5.02 Å². The van der Waals surface area contributed by atoms with Crippen molar-refractivity contribution in [1.82, 2.24) is 10.2 Å². The first-order chi connectivity index (χ1) is 8.28. The van der Waals surface area contributed by atoms with Crippen LogP contribution in [0, 0.1) is 0 Å². The number of nitrogens with two attached hydrogens (primary N) is 1. The molecule has 0 aliphatic carbocycles. The van der Waals surface area contributed by atoms with Gasteiger partial charge < -0.3 is 10.5 Å². The van der Waals surface area contributed by atoms with E-state index < -0.39 is 0 Å². The number of hydrogen-bond acceptors (Lipinski definition) is 5. The van der Waals surface area contributed by atoms with Crippen molar-refractivity contribution in [3.05, 3.63) is 39.3 Å². The van der Waals surface area contributed by atoms with Crippen LogP contribution in [0.3, 0.4) is 0 Å². The number of nitrogens with zero attached hydrogens (tertiary/aromatic N) is 2. The van der Waals surface area contributed by atoms with Crippen LogP contribution in [0.1, 0.15) is 10.0 Å². The number of aromatic nitrogens is 2. The number of benzene rings is 1. The molecule has 2 N–H and O–H groups in total. The first-order valence-electron chi connectivity index (χ1n) is 5.17. The van der Waals surface area contributed by atoms with Gasteiger partial charge in [0.15, 0.2) is 5.01 Å². The molecule has 0 spiro atoms. The zero-order valence-corrected chi connectivity index (χ0v) is 10.7. The summed E-state index contributed by atoms with van der Waals surface area (Å²) in [5.74, 6) is 0.768. The summed E-state index contributed by atoms with van der Waals surface area (Å²) in [7, 11) is 0. The fraction of sp³-hybridized carbons (Fsp3) is 0.273. The molecule has 1 heterocycles. The normalized spacial score (nSPS) is 10.5. The van der Waals surface area contributed by atoms with Crippen molar-refractivity contribution in [1.29, 1.82) is 0 Å². The number of halogens is 1. The molecule has 1 aromatic heterocycles. The fourth-order valence-electron chi connectivity index (χ4n) is 1.25. The molecule has 0 bridgehead atoms. The molecule has 90 valence electrons. The van der Waals surface area contributed by atoms with Crippen LogP contribution in [-0.4, -0.2) is 16.7 Å². The summed E-state index contributed by atoms with van der Waals surface area (Å²) >= 11 is 7.31. The SMILES string of the molecule is NCCc1nnc(COc2ccc(Cl)cc2)s1. The van der Waals surface area contributed by atoms with E-state index in [4.69, 9.17) is 22.1 Å². The maximum Gasteiger partial charge on any atom is 0.155 e. The van der Waals surface area contributed by atoms with Gasteiger partial charge >= 0.3 is 0 Å². The molecule has 0 fully saturated rings. The van der Waals surface area contributed by atoms with Crippen molar-refractivity contribution < 1.29 is 4.74 Å². The molecule has 1 aromatic carbocycles. The van der Waals surface area contributed by atoms with Crippen LogP contribution in [-0.2, 0) is 13.0 Å². The van der Waals surface area contributed by atoms with Crippen molar-refractivity contribution in [2.45, 2.75) is 13.0 Å². The lowest BCUT2D eigenvalue weighted by Gasteiger charge is -2.02. The van der Waals surface area contributed by atoms with Crippen LogP contribution in [0.25, 0.3) is 0 Å². The van der Waals surface area contributed by atoms with E-state index in [1.54, 1.807) is 12.1 Å². The Balaban J connectivity index is 1.90. The number of ether oxygens (including phenoxy) is 1. The molecule has 0 radical (unpaired) electrons. The topological polar surface area (TPSA) is 61.0 Å². The molecule has 0 amide bonds. The van der Waals surface area contributed by atoms with Crippen LogP contribution in [0.15, 0.2) is 24.3 Å². The van der Waals surface area contributed by atoms with Crippen molar-refractivity contribution in [3.8, 4) is 5.75 Å². The van der Waals surface area contributed by atoms with E-state index in [-0.39, 0.29) is 0 Å². The summed E-state index contributed by atoms with van der Waals surface area (Å²) in [6.45, 7) is 1.01. The summed E-state index contributed by atoms with van der Waals surface area (Å²) < 4.78 is 5.56. The second kappa shape index (κ2) is 5.95. The summed E-state index contributed by atoms with van der Waals surface area (Å²) in [4.78, 5) is 0. The Morgan fingerprint density at radius 3 is 2.59 bits per heavy atom. The quantitative estimate of drug-likeness (QED) is 0.905. The molecule has 2 rings (SSSR count). The van der Waals surface area contributed by atoms with Crippen LogP contribution < -0.4 is 10.5 Å². The minimum atomic E-state index is 0.421. The van der Waals surface area contributed by atoms with Gasteiger partial charge in [-0.25, -0.2) is 0 Å². The van der Waals surface area contributed by atoms with Crippen molar-refractivity contribution >= 4 is 22.9 Å². The molecule has 0 aliphatic rings. The van der Waals surface area contributed by atoms with Crippen molar-refractivity contribution in [2.24, 2.45) is 5.73 Å². The predicted octanol–water partition coefficient (Wildman–Crippen LogP) is 2.27. The summed E-state index contributed by atoms with van der Waals surface area (Å²) in [6, 6.07) is 7.22. The van der Waals surface area contributed by atoms with Gasteiger partial charge in [0, 0.05) is 11.4 Å². The van der Waals surface area contributed by atoms with Crippen molar-refractivity contribution in [3.63, 3.8) is 0 Å². The molecule has 0 atom stereocenters. The zero-order chi connectivity index (χ0) is 12.1. The second-order valence-corrected chi connectivity index (χ2v) is 4.95. The van der Waals surface area contributed by atoms with E-state index in [2.05, 4.69) is 10.2 Å². The van der Waals surface area contributed by atoms with Crippen LogP contribution in [0.5, 0.6) is 5.75 Å². The third-order valence-electron chi connectivity index (χ3n) is 2.04. The van der Waals surface area contributed by atoms with E-state index in [9.17, 15) is 0 Å². The average Bonchev–Trinajstić information content (AvgIpc) is 2.77. The summed E-state index contributed by atoms with van der Waals surface area (Å²) in [5, 5.41) is 10.5. The molecule has 6 heteroatoms. The maximum atomic E-state index is 5.78. The summed E-state index contributed by atoms with van der Waals surface area (Å²) in [6.07, 6.45) is 0.763. The van der Waals surface area contributed by atoms with Crippen molar-refractivity contribution in [2.75, 3.05) is 6.54 Å². The molecule has 0 unspecified atom stereocenters. The molecule has 17 heavy (non-hydrogen) atoms. The number of hydrogen-bond donors (Lipinski definition) is 1. The first kappa shape index (κ1) is 12.3. The van der Waals surface area contributed by atoms with E-state index in [1.807, 2.05) is 12.1 Å². The highest BCUT2D eigenvalue weighted by Crippen LogP contribution is 2.18. The van der Waals surface area contributed by atoms with Crippen LogP contribution in [0.4, 0.5) is 0 Å². The lowest BCUT2D eigenvalue weighted by atomic mass is 10.3. The predicted molar refractivity (Wildman–Crippen MR) is 68.5 cm³/mol. The minimum Gasteiger partial charge on any atom is -0.486 e. The van der Waals surface area contributed by atoms with Crippen LogP contribution >= 0.6 is 22.9 Å². The maximum absolute atomic E-state index is 5.78. The highest BCUT2D eigenvalue weighted by molar-refractivity contribution is 7.11. The summed E-state index contributed by atoms with van der Waals surface area (Å²) in [5.41, 5.74) is 5.44. The van der Waals surface area contributed by atoms with Gasteiger partial charge in [-0.3, -0.25) is 0 Å². The van der Waals surface area contributed by atoms with Gasteiger partial charge in [-0.2, -0.15) is 0 Å². The molecule has 0 aliphatic heterocycles. The second-order valence-electron chi connectivity index (χ2n) is 3.37. The van der Waals surface area contributed by atoms with Gasteiger partial charge in [0.2, 0.25) is 0 Å². The largest absolute Gasteiger partial charge is 0.486 e. The van der Waals surface area contributed by atoms with E-state index in [1.165, 1.54) is 11.3 Å². The lowest BCUT2D eigenvalue weighted by molar-refractivity contribution is 0.304. The van der Waals surface area contributed by atoms with Gasteiger partial charge in [0.05, 0.1) is 0 Å². The molecule has 4 nitrogen and oxygen atoms in total. The Morgan fingerprint density at radius 2 is 1.88 bits per heavy atom. The van der Waals surface area contributed by atoms with E-state index in [0.717, 1.165) is 22.2 Å². The molecule has 0 saturated heterocycles. The monoisotopic (exact) mass is 269 g/mol. The Kier molecular flexibility index (Phi) is 4.30. The van der Waals surface area contributed by atoms with Gasteiger partial charge in [-0.05, 0) is 30.8 Å². The van der Waals surface area contributed by atoms with Gasteiger partial charge in [-0.15, -0.1) is 10.2 Å².